The Bertz CT molecular complexity index is 1740. The van der Waals surface area contributed by atoms with Gasteiger partial charge in [0.05, 0.1) is 11.2 Å². The van der Waals surface area contributed by atoms with Gasteiger partial charge in [-0.3, -0.25) is 4.98 Å². The number of pyridine rings is 2. The molecule has 0 saturated heterocycles. The third kappa shape index (κ3) is 2.56. The summed E-state index contributed by atoms with van der Waals surface area (Å²) in [7, 11) is 0. The van der Waals surface area contributed by atoms with Crippen molar-refractivity contribution in [1.29, 1.82) is 0 Å². The Hall–Kier alpha value is -4.44. The van der Waals surface area contributed by atoms with Crippen LogP contribution in [0.1, 0.15) is 0 Å². The largest absolute Gasteiger partial charge is 0.455 e. The fourth-order valence-corrected chi connectivity index (χ4v) is 4.44. The van der Waals surface area contributed by atoms with Gasteiger partial charge in [-0.25, -0.2) is 4.98 Å². The van der Waals surface area contributed by atoms with Crippen molar-refractivity contribution >= 4 is 38.5 Å². The molecule has 0 spiro atoms. The van der Waals surface area contributed by atoms with Gasteiger partial charge in [0.2, 0.25) is 0 Å². The van der Waals surface area contributed by atoms with E-state index in [4.69, 9.17) is 9.40 Å². The molecule has 4 heterocycles. The van der Waals surface area contributed by atoms with Crippen LogP contribution in [0.2, 0.25) is 0 Å². The number of rotatable bonds is 2. The lowest BCUT2D eigenvalue weighted by Crippen LogP contribution is -1.81. The summed E-state index contributed by atoms with van der Waals surface area (Å²) in [5, 5.41) is 3.17. The maximum atomic E-state index is 6.21. The number of hydrogen-bond donors (Lipinski definition) is 0. The Morgan fingerprint density at radius 1 is 0.688 bits per heavy atom. The maximum absolute atomic E-state index is 6.21. The van der Waals surface area contributed by atoms with Crippen molar-refractivity contribution in [2.45, 2.75) is 0 Å². The van der Waals surface area contributed by atoms with Gasteiger partial charge in [-0.2, -0.15) is 0 Å². The van der Waals surface area contributed by atoms with E-state index in [2.05, 4.69) is 59.7 Å². The quantitative estimate of drug-likeness (QED) is 0.304. The molecule has 7 rings (SSSR count). The Balaban J connectivity index is 1.32. The summed E-state index contributed by atoms with van der Waals surface area (Å²) in [6, 6.07) is 29.0. The summed E-state index contributed by atoms with van der Waals surface area (Å²) in [4.78, 5) is 9.35. The molecule has 0 unspecified atom stereocenters. The van der Waals surface area contributed by atoms with Gasteiger partial charge in [0.1, 0.15) is 16.8 Å². The highest BCUT2D eigenvalue weighted by atomic mass is 16.3. The molecule has 7 aromatic rings. The van der Waals surface area contributed by atoms with Gasteiger partial charge in [-0.15, -0.1) is 0 Å². The van der Waals surface area contributed by atoms with Gasteiger partial charge in [-0.05, 0) is 47.5 Å². The molecular formula is C28H17N3O. The number of furan rings is 1. The molecule has 0 saturated carbocycles. The van der Waals surface area contributed by atoms with Crippen LogP contribution in [-0.4, -0.2) is 14.4 Å². The van der Waals surface area contributed by atoms with Crippen molar-refractivity contribution in [2.24, 2.45) is 0 Å². The molecule has 32 heavy (non-hydrogen) atoms. The molecule has 0 radical (unpaired) electrons. The zero-order chi connectivity index (χ0) is 21.1. The van der Waals surface area contributed by atoms with Crippen LogP contribution in [0, 0.1) is 0 Å². The van der Waals surface area contributed by atoms with Crippen molar-refractivity contribution in [2.75, 3.05) is 0 Å². The van der Waals surface area contributed by atoms with Crippen molar-refractivity contribution in [3.8, 4) is 22.4 Å². The van der Waals surface area contributed by atoms with E-state index in [9.17, 15) is 0 Å². The number of benzene rings is 3. The fraction of sp³-hybridized carbons (Fsp3) is 0. The Morgan fingerprint density at radius 2 is 1.50 bits per heavy atom. The molecule has 3 aromatic carbocycles. The van der Waals surface area contributed by atoms with E-state index in [0.717, 1.165) is 60.9 Å². The highest BCUT2D eigenvalue weighted by Gasteiger charge is 2.12. The first kappa shape index (κ1) is 17.3. The number of hydrogen-bond acceptors (Lipinski definition) is 3. The first-order valence-corrected chi connectivity index (χ1v) is 10.6. The summed E-state index contributed by atoms with van der Waals surface area (Å²) in [5.41, 5.74) is 8.04. The summed E-state index contributed by atoms with van der Waals surface area (Å²) >= 11 is 0. The van der Waals surface area contributed by atoms with E-state index in [-0.39, 0.29) is 0 Å². The smallest absolute Gasteiger partial charge is 0.146 e. The lowest BCUT2D eigenvalue weighted by molar-refractivity contribution is 0.672. The molecule has 0 atom stereocenters. The minimum absolute atomic E-state index is 0.878. The van der Waals surface area contributed by atoms with E-state index in [1.807, 2.05) is 53.2 Å². The first-order valence-electron chi connectivity index (χ1n) is 10.6. The number of fused-ring (bicyclic) bond motifs is 6. The average molecular weight is 411 g/mol. The van der Waals surface area contributed by atoms with Crippen molar-refractivity contribution in [3.05, 3.63) is 104 Å². The van der Waals surface area contributed by atoms with Gasteiger partial charge >= 0.3 is 0 Å². The van der Waals surface area contributed by atoms with Crippen LogP contribution in [0.25, 0.3) is 60.9 Å². The Kier molecular flexibility index (Phi) is 3.52. The van der Waals surface area contributed by atoms with E-state index in [1.54, 1.807) is 0 Å². The molecule has 4 heteroatoms. The van der Waals surface area contributed by atoms with E-state index in [0.29, 0.717) is 0 Å². The number of para-hydroxylation sites is 1. The van der Waals surface area contributed by atoms with Crippen molar-refractivity contribution in [3.63, 3.8) is 0 Å². The molecule has 0 bridgehead atoms. The van der Waals surface area contributed by atoms with Crippen molar-refractivity contribution in [1.82, 2.24) is 14.4 Å². The average Bonchev–Trinajstić information content (AvgIpc) is 3.45. The van der Waals surface area contributed by atoms with E-state index >= 15 is 0 Å². The number of imidazole rings is 1. The highest BCUT2D eigenvalue weighted by molar-refractivity contribution is 6.14. The van der Waals surface area contributed by atoms with Gasteiger partial charge in [0, 0.05) is 40.3 Å². The third-order valence-corrected chi connectivity index (χ3v) is 6.09. The third-order valence-electron chi connectivity index (χ3n) is 6.09. The van der Waals surface area contributed by atoms with Crippen LogP contribution in [0.5, 0.6) is 0 Å². The molecule has 0 aliphatic carbocycles. The lowest BCUT2D eigenvalue weighted by Gasteiger charge is -2.03. The van der Waals surface area contributed by atoms with E-state index < -0.39 is 0 Å². The standard InChI is InChI=1S/C28H17N3O/c1-2-6-24-21(5-1)28-23(16-29-24)22-15-20(12-13-26(22)32-28)18-8-10-19(11-9-18)25-17-31-14-4-3-7-27(31)30-25/h1-17H. The molecular weight excluding hydrogens is 394 g/mol. The topological polar surface area (TPSA) is 43.3 Å². The number of aromatic nitrogens is 3. The molecule has 150 valence electrons. The van der Waals surface area contributed by atoms with Crippen LogP contribution in [0.15, 0.2) is 108 Å². The zero-order valence-corrected chi connectivity index (χ0v) is 17.1. The molecule has 0 N–H and O–H groups in total. The summed E-state index contributed by atoms with van der Waals surface area (Å²) < 4.78 is 8.25. The monoisotopic (exact) mass is 411 g/mol. The summed E-state index contributed by atoms with van der Waals surface area (Å²) in [5.74, 6) is 0. The molecule has 0 amide bonds. The van der Waals surface area contributed by atoms with Crippen LogP contribution < -0.4 is 0 Å². The van der Waals surface area contributed by atoms with Crippen LogP contribution in [0.4, 0.5) is 0 Å². The lowest BCUT2D eigenvalue weighted by atomic mass is 10.0. The predicted molar refractivity (Wildman–Crippen MR) is 129 cm³/mol. The van der Waals surface area contributed by atoms with Crippen molar-refractivity contribution < 1.29 is 4.42 Å². The number of nitrogens with zero attached hydrogens (tertiary/aromatic N) is 3. The second kappa shape index (κ2) is 6.53. The maximum Gasteiger partial charge on any atom is 0.146 e. The van der Waals surface area contributed by atoms with Gasteiger partial charge < -0.3 is 8.82 Å². The van der Waals surface area contributed by atoms with Crippen LogP contribution >= 0.6 is 0 Å². The summed E-state index contributed by atoms with van der Waals surface area (Å²) in [6.07, 6.45) is 5.99. The van der Waals surface area contributed by atoms with Crippen LogP contribution in [-0.2, 0) is 0 Å². The van der Waals surface area contributed by atoms with E-state index in [1.165, 1.54) is 0 Å². The molecule has 0 aliphatic rings. The summed E-state index contributed by atoms with van der Waals surface area (Å²) in [6.45, 7) is 0. The molecule has 4 aromatic heterocycles. The van der Waals surface area contributed by atoms with Crippen LogP contribution in [0.3, 0.4) is 0 Å². The van der Waals surface area contributed by atoms with Gasteiger partial charge in [0.25, 0.3) is 0 Å². The Morgan fingerprint density at radius 3 is 2.41 bits per heavy atom. The highest BCUT2D eigenvalue weighted by Crippen LogP contribution is 2.35. The minimum Gasteiger partial charge on any atom is -0.455 e. The van der Waals surface area contributed by atoms with Gasteiger partial charge in [-0.1, -0.05) is 48.5 Å². The Labute approximate surface area is 183 Å². The zero-order valence-electron chi connectivity index (χ0n) is 17.1. The minimum atomic E-state index is 0.878. The van der Waals surface area contributed by atoms with Gasteiger partial charge in [0.15, 0.2) is 0 Å². The SMILES string of the molecule is c1ccc2c(c1)ncc1c3cc(-c4ccc(-c5cn6ccccc6n5)cc4)ccc3oc21. The second-order valence-electron chi connectivity index (χ2n) is 8.00. The fourth-order valence-electron chi connectivity index (χ4n) is 4.44. The molecule has 4 nitrogen and oxygen atoms in total. The normalized spacial score (nSPS) is 11.8. The molecule has 0 fully saturated rings. The predicted octanol–water partition coefficient (Wildman–Crippen LogP) is 7.12. The molecule has 0 aliphatic heterocycles. The first-order chi connectivity index (χ1) is 15.8. The second-order valence-corrected chi connectivity index (χ2v) is 8.00.